The van der Waals surface area contributed by atoms with Crippen LogP contribution in [0, 0.1) is 13.8 Å². The molecule has 7 rings (SSSR count). The molecule has 4 aromatic rings. The molecule has 1 aliphatic carbocycles. The topological polar surface area (TPSA) is 126 Å². The summed E-state index contributed by atoms with van der Waals surface area (Å²) in [5.41, 5.74) is 6.64. The highest BCUT2D eigenvalue weighted by Gasteiger charge is 2.40. The van der Waals surface area contributed by atoms with E-state index in [1.54, 1.807) is 44.2 Å². The molecule has 2 N–H and O–H groups in total. The normalized spacial score (nSPS) is 21.7. The fraction of sp³-hybridized carbons (Fsp3) is 0.325. The van der Waals surface area contributed by atoms with Crippen LogP contribution in [-0.4, -0.2) is 77.9 Å². The lowest BCUT2D eigenvalue weighted by molar-refractivity contribution is -0.120. The summed E-state index contributed by atoms with van der Waals surface area (Å²) < 4.78 is 59.4. The third kappa shape index (κ3) is 6.38. The molecule has 0 saturated carbocycles. The Morgan fingerprint density at radius 2 is 1.34 bits per heavy atom. The fourth-order valence-electron chi connectivity index (χ4n) is 7.35. The lowest BCUT2D eigenvalue weighted by Crippen LogP contribution is -2.34. The molecule has 10 heteroatoms. The second kappa shape index (κ2) is 14.6. The number of amides is 2. The molecule has 0 radical (unpaired) electrons. The molecule has 50 heavy (non-hydrogen) atoms. The van der Waals surface area contributed by atoms with Crippen LogP contribution in [0.15, 0.2) is 84.9 Å². The van der Waals surface area contributed by atoms with Gasteiger partial charge in [-0.25, -0.2) is 9.59 Å². The molecular weight excluding hydrogens is 636 g/mol. The number of hydrogen-bond donors (Lipinski definition) is 2. The van der Waals surface area contributed by atoms with Crippen LogP contribution in [0.5, 0.6) is 11.5 Å². The number of rotatable bonds is 6. The molecule has 4 aromatic carbocycles. The van der Waals surface area contributed by atoms with Crippen LogP contribution in [0.2, 0.25) is 0 Å². The van der Waals surface area contributed by atoms with Crippen molar-refractivity contribution in [3.63, 3.8) is 0 Å². The Hall–Kier alpha value is -5.35. The number of carbonyl (C=O) groups excluding carboxylic acids is 2. The molecule has 2 fully saturated rings. The Bertz CT molecular complexity index is 2080. The van der Waals surface area contributed by atoms with E-state index in [4.69, 9.17) is 22.4 Å². The summed E-state index contributed by atoms with van der Waals surface area (Å²) in [5.74, 6) is 0.125. The maximum atomic E-state index is 13.2. The zero-order chi connectivity index (χ0) is 40.5. The Morgan fingerprint density at radius 1 is 0.780 bits per heavy atom. The van der Waals surface area contributed by atoms with Gasteiger partial charge in [0.2, 0.25) is 0 Å². The molecule has 260 valence electrons. The van der Waals surface area contributed by atoms with E-state index in [1.807, 2.05) is 24.3 Å². The smallest absolute Gasteiger partial charge is 0.410 e. The maximum Gasteiger partial charge on any atom is 0.410 e. The van der Waals surface area contributed by atoms with Gasteiger partial charge in [-0.15, -0.1) is 0 Å². The van der Waals surface area contributed by atoms with E-state index in [1.165, 1.54) is 11.0 Å². The number of aliphatic hydroxyl groups is 1. The summed E-state index contributed by atoms with van der Waals surface area (Å²) in [5, 5.41) is 19.3. The highest BCUT2D eigenvalue weighted by atomic mass is 16.6. The van der Waals surface area contributed by atoms with Crippen LogP contribution in [0.1, 0.15) is 72.4 Å². The minimum absolute atomic E-state index is 0.0825. The number of nitrogens with zero attached hydrogens (tertiary/aromatic N) is 2. The number of ketones is 1. The number of aliphatic hydroxyl groups excluding tert-OH is 1. The van der Waals surface area contributed by atoms with Gasteiger partial charge < -0.3 is 24.4 Å². The predicted molar refractivity (Wildman–Crippen MR) is 188 cm³/mol. The summed E-state index contributed by atoms with van der Waals surface area (Å²) in [6.07, 6.45) is -1.94. The van der Waals surface area contributed by atoms with Crippen molar-refractivity contribution in [2.45, 2.75) is 50.8 Å². The Labute approximate surface area is 300 Å². The Kier molecular flexibility index (Phi) is 8.04. The number of fused-ring (bicyclic) bond motifs is 3. The highest BCUT2D eigenvalue weighted by Crippen LogP contribution is 2.45. The second-order valence-electron chi connectivity index (χ2n) is 12.5. The Morgan fingerprint density at radius 3 is 1.94 bits per heavy atom. The van der Waals surface area contributed by atoms with Crippen LogP contribution in [0.4, 0.5) is 9.59 Å². The first-order valence-corrected chi connectivity index (χ1v) is 16.3. The lowest BCUT2D eigenvalue weighted by atomic mass is 9.97. The van der Waals surface area contributed by atoms with E-state index in [0.717, 1.165) is 27.2 Å². The first-order chi connectivity index (χ1) is 26.4. The Balaban J connectivity index is 0.000000217. The molecule has 3 aliphatic rings. The van der Waals surface area contributed by atoms with Crippen molar-refractivity contribution in [3.05, 3.63) is 118 Å². The number of likely N-dealkylation sites (tertiary alicyclic amines) is 2. The molecule has 0 bridgehead atoms. The van der Waals surface area contributed by atoms with Crippen molar-refractivity contribution in [3.8, 4) is 22.6 Å². The van der Waals surface area contributed by atoms with Crippen LogP contribution < -0.4 is 9.47 Å². The van der Waals surface area contributed by atoms with Crippen LogP contribution >= 0.6 is 0 Å². The van der Waals surface area contributed by atoms with Gasteiger partial charge in [0.25, 0.3) is 0 Å². The summed E-state index contributed by atoms with van der Waals surface area (Å²) in [4.78, 5) is 39.9. The first kappa shape index (κ1) is 27.5. The van der Waals surface area contributed by atoms with E-state index in [0.29, 0.717) is 28.7 Å². The summed E-state index contributed by atoms with van der Waals surface area (Å²) in [6.45, 7) is 3.99. The van der Waals surface area contributed by atoms with E-state index in [2.05, 4.69) is 24.3 Å². The molecule has 2 amide bonds. The highest BCUT2D eigenvalue weighted by molar-refractivity contribution is 5.92. The predicted octanol–water partition coefficient (Wildman–Crippen LogP) is 7.06. The zero-order valence-corrected chi connectivity index (χ0v) is 27.7. The number of Topliss-reactive ketones (excluding diaryl/α,β-unsaturated/α-hetero) is 1. The van der Waals surface area contributed by atoms with Crippen molar-refractivity contribution in [2.24, 2.45) is 0 Å². The van der Waals surface area contributed by atoms with E-state index < -0.39 is 44.5 Å². The van der Waals surface area contributed by atoms with Gasteiger partial charge in [0.1, 0.15) is 24.1 Å². The fourth-order valence-corrected chi connectivity index (χ4v) is 7.35. The van der Waals surface area contributed by atoms with Crippen LogP contribution in [-0.2, 0) is 9.53 Å². The van der Waals surface area contributed by atoms with Gasteiger partial charge in [-0.1, -0.05) is 72.8 Å². The average molecular weight is 685 g/mol. The van der Waals surface area contributed by atoms with Gasteiger partial charge in [-0.05, 0) is 76.9 Å². The standard InChI is InChI=1S/C27H25NO4.C13H17NO4/c1-17-18(12-7-13-25(17)31-2)26-24(29)14-15-28(26)27(30)32-16-23-21-10-5-3-8-19(21)20-9-4-6-11-22(20)23;1-8-9(4-3-5-11(8)18-2)12-10(15)6-7-14(12)13(16)17/h3-13,23,26H,14-16H2,1-2H3;3-5,10,12,15H,6-7H2,1-2H3,(H,16,17)/t26-;10-,12-/m11/s1/i2*2D3. The van der Waals surface area contributed by atoms with Crippen molar-refractivity contribution in [2.75, 3.05) is 33.8 Å². The van der Waals surface area contributed by atoms with Crippen molar-refractivity contribution >= 4 is 18.0 Å². The van der Waals surface area contributed by atoms with Crippen molar-refractivity contribution in [1.82, 2.24) is 9.80 Å². The monoisotopic (exact) mass is 684 g/mol. The van der Waals surface area contributed by atoms with Crippen LogP contribution in [0.3, 0.4) is 0 Å². The van der Waals surface area contributed by atoms with E-state index in [9.17, 15) is 24.6 Å². The summed E-state index contributed by atoms with van der Waals surface area (Å²) in [6, 6.07) is 24.3. The number of methoxy groups -OCH3 is 2. The number of hydrogen-bond acceptors (Lipinski definition) is 7. The molecule has 0 unspecified atom stereocenters. The molecule has 3 atom stereocenters. The number of ether oxygens (including phenoxy) is 3. The zero-order valence-electron chi connectivity index (χ0n) is 33.7. The molecule has 2 heterocycles. The molecule has 2 saturated heterocycles. The number of carboxylic acid groups (broad SMARTS) is 1. The minimum Gasteiger partial charge on any atom is -0.496 e. The molecule has 0 spiro atoms. The van der Waals surface area contributed by atoms with E-state index in [-0.39, 0.29) is 49.3 Å². The van der Waals surface area contributed by atoms with Gasteiger partial charge in [0.15, 0.2) is 5.78 Å². The third-order valence-corrected chi connectivity index (χ3v) is 9.88. The number of carbonyl (C=O) groups is 3. The quantitative estimate of drug-likeness (QED) is 0.221. The van der Waals surface area contributed by atoms with Gasteiger partial charge >= 0.3 is 12.2 Å². The minimum atomic E-state index is -2.62. The van der Waals surface area contributed by atoms with Gasteiger partial charge in [0, 0.05) is 25.4 Å². The largest absolute Gasteiger partial charge is 0.496 e. The summed E-state index contributed by atoms with van der Waals surface area (Å²) >= 11 is 0. The van der Waals surface area contributed by atoms with Crippen molar-refractivity contribution in [1.29, 1.82) is 0 Å². The van der Waals surface area contributed by atoms with Crippen LogP contribution in [0.25, 0.3) is 11.1 Å². The maximum absolute atomic E-state index is 13.2. The van der Waals surface area contributed by atoms with Gasteiger partial charge in [-0.2, -0.15) is 0 Å². The SMILES string of the molecule is [2H]C([2H])([2H])Oc1cccc([C@@H]2C(=O)CCN2C(=O)OCC2c3ccccc3-c3ccccc32)c1C.[2H]C([2H])([2H])Oc1cccc([C@@H]2[C@H](O)CCN2C(=O)O)c1C. The lowest BCUT2D eigenvalue weighted by Gasteiger charge is -2.26. The molecule has 2 aliphatic heterocycles. The second-order valence-corrected chi connectivity index (χ2v) is 12.5. The number of benzene rings is 4. The first-order valence-electron chi connectivity index (χ1n) is 19.3. The van der Waals surface area contributed by atoms with Crippen molar-refractivity contribution < 1.29 is 47.0 Å². The van der Waals surface area contributed by atoms with E-state index >= 15 is 0 Å². The summed E-state index contributed by atoms with van der Waals surface area (Å²) in [7, 11) is -5.19. The molecular formula is C40H42N2O8. The van der Waals surface area contributed by atoms with Gasteiger partial charge in [0.05, 0.1) is 34.4 Å². The molecule has 10 nitrogen and oxygen atoms in total. The molecule has 0 aromatic heterocycles. The average Bonchev–Trinajstić information content (AvgIpc) is 3.81. The van der Waals surface area contributed by atoms with Gasteiger partial charge in [-0.3, -0.25) is 14.6 Å². The third-order valence-electron chi connectivity index (χ3n) is 9.88.